The van der Waals surface area contributed by atoms with Gasteiger partial charge in [-0.25, -0.2) is 0 Å². The van der Waals surface area contributed by atoms with Gasteiger partial charge in [-0.2, -0.15) is 5.26 Å². The number of carbonyl (C=O) groups excluding carboxylic acids is 2. The fraction of sp³-hybridized carbons (Fsp3) is 0.227. The standard InChI is InChI=1S/C22H20N2O4S/c1-3-24-21(25)20(29-22(24)26)12-15-9-10-18(19(11-15)27-4-2)28-14-17-8-6-5-7-16(17)13-23/h5-12H,3-4,14H2,1-2H3/b20-12+. The van der Waals surface area contributed by atoms with Crippen molar-refractivity contribution in [3.8, 4) is 17.6 Å². The van der Waals surface area contributed by atoms with Gasteiger partial charge < -0.3 is 9.47 Å². The minimum atomic E-state index is -0.283. The van der Waals surface area contributed by atoms with Gasteiger partial charge in [0.2, 0.25) is 0 Å². The first kappa shape index (κ1) is 20.5. The molecule has 29 heavy (non-hydrogen) atoms. The number of amides is 2. The average Bonchev–Trinajstić information content (AvgIpc) is 3.00. The van der Waals surface area contributed by atoms with Crippen LogP contribution in [0.25, 0.3) is 6.08 Å². The second-order valence-electron chi connectivity index (χ2n) is 6.12. The Morgan fingerprint density at radius 3 is 2.59 bits per heavy atom. The molecule has 1 heterocycles. The van der Waals surface area contributed by atoms with E-state index in [9.17, 15) is 14.9 Å². The van der Waals surface area contributed by atoms with Crippen molar-refractivity contribution in [3.63, 3.8) is 0 Å². The van der Waals surface area contributed by atoms with Gasteiger partial charge in [0.1, 0.15) is 6.61 Å². The number of hydrogen-bond acceptors (Lipinski definition) is 6. The number of nitrogens with zero attached hydrogens (tertiary/aromatic N) is 2. The summed E-state index contributed by atoms with van der Waals surface area (Å²) in [6, 6.07) is 14.7. The van der Waals surface area contributed by atoms with Crippen molar-refractivity contribution < 1.29 is 19.1 Å². The van der Waals surface area contributed by atoms with Crippen molar-refractivity contribution in [2.24, 2.45) is 0 Å². The molecule has 0 unspecified atom stereocenters. The molecule has 148 valence electrons. The minimum Gasteiger partial charge on any atom is -0.490 e. The van der Waals surface area contributed by atoms with Crippen LogP contribution in [-0.2, 0) is 11.4 Å². The Morgan fingerprint density at radius 1 is 1.10 bits per heavy atom. The fourth-order valence-electron chi connectivity index (χ4n) is 2.84. The van der Waals surface area contributed by atoms with Crippen LogP contribution in [0.15, 0.2) is 47.4 Å². The van der Waals surface area contributed by atoms with Crippen LogP contribution in [-0.4, -0.2) is 29.2 Å². The summed E-state index contributed by atoms with van der Waals surface area (Å²) in [7, 11) is 0. The summed E-state index contributed by atoms with van der Waals surface area (Å²) in [5.74, 6) is 0.790. The lowest BCUT2D eigenvalue weighted by Crippen LogP contribution is -2.27. The number of rotatable bonds is 7. The Hall–Kier alpha value is -3.24. The minimum absolute atomic E-state index is 0.235. The average molecular weight is 408 g/mol. The van der Waals surface area contributed by atoms with Gasteiger partial charge in [-0.1, -0.05) is 24.3 Å². The number of imide groups is 1. The Labute approximate surface area is 173 Å². The maximum absolute atomic E-state index is 12.3. The molecule has 2 aromatic rings. The SMILES string of the molecule is CCOc1cc(/C=C2/SC(=O)N(CC)C2=O)ccc1OCc1ccccc1C#N. The summed E-state index contributed by atoms with van der Waals surface area (Å²) in [5.41, 5.74) is 2.09. The predicted octanol–water partition coefficient (Wildman–Crippen LogP) is 4.59. The van der Waals surface area contributed by atoms with Crippen LogP contribution in [0.5, 0.6) is 11.5 Å². The molecule has 0 aromatic heterocycles. The molecule has 1 aliphatic rings. The Balaban J connectivity index is 1.82. The smallest absolute Gasteiger partial charge is 0.293 e. The molecule has 1 saturated heterocycles. The Bertz CT molecular complexity index is 1010. The number of nitriles is 1. The number of carbonyl (C=O) groups is 2. The molecule has 3 rings (SSSR count). The zero-order chi connectivity index (χ0) is 20.8. The molecule has 2 aromatic carbocycles. The Kier molecular flexibility index (Phi) is 6.57. The lowest BCUT2D eigenvalue weighted by atomic mass is 10.1. The van der Waals surface area contributed by atoms with Gasteiger partial charge >= 0.3 is 0 Å². The van der Waals surface area contributed by atoms with Crippen LogP contribution in [0.2, 0.25) is 0 Å². The van der Waals surface area contributed by atoms with E-state index < -0.39 is 0 Å². The first-order chi connectivity index (χ1) is 14.1. The lowest BCUT2D eigenvalue weighted by Gasteiger charge is -2.13. The lowest BCUT2D eigenvalue weighted by molar-refractivity contribution is -0.122. The normalized spacial score (nSPS) is 14.9. The number of benzene rings is 2. The fourth-order valence-corrected chi connectivity index (χ4v) is 3.74. The summed E-state index contributed by atoms with van der Waals surface area (Å²) >= 11 is 0.932. The van der Waals surface area contributed by atoms with Gasteiger partial charge in [-0.15, -0.1) is 0 Å². The van der Waals surface area contributed by atoms with Crippen molar-refractivity contribution in [3.05, 3.63) is 64.1 Å². The molecule has 0 spiro atoms. The quantitative estimate of drug-likeness (QED) is 0.623. The molecule has 1 aliphatic heterocycles. The molecule has 7 heteroatoms. The summed E-state index contributed by atoms with van der Waals surface area (Å²) in [4.78, 5) is 25.8. The van der Waals surface area contributed by atoms with Crippen molar-refractivity contribution in [1.82, 2.24) is 4.90 Å². The van der Waals surface area contributed by atoms with Gasteiger partial charge in [-0.3, -0.25) is 14.5 Å². The molecule has 0 bridgehead atoms. The van der Waals surface area contributed by atoms with Gasteiger partial charge in [-0.05, 0) is 55.4 Å². The topological polar surface area (TPSA) is 79.6 Å². The summed E-state index contributed by atoms with van der Waals surface area (Å²) in [5, 5.41) is 8.95. The second kappa shape index (κ2) is 9.30. The third-order valence-electron chi connectivity index (χ3n) is 4.28. The van der Waals surface area contributed by atoms with Crippen LogP contribution in [0.3, 0.4) is 0 Å². The molecule has 0 N–H and O–H groups in total. The first-order valence-corrected chi connectivity index (χ1v) is 10.0. The maximum atomic E-state index is 12.3. The van der Waals surface area contributed by atoms with E-state index in [1.165, 1.54) is 4.90 Å². The number of hydrogen-bond donors (Lipinski definition) is 0. The van der Waals surface area contributed by atoms with E-state index in [0.717, 1.165) is 22.9 Å². The first-order valence-electron chi connectivity index (χ1n) is 9.20. The van der Waals surface area contributed by atoms with Gasteiger partial charge in [0.25, 0.3) is 11.1 Å². The van der Waals surface area contributed by atoms with E-state index in [-0.39, 0.29) is 17.8 Å². The van der Waals surface area contributed by atoms with Crippen molar-refractivity contribution >= 4 is 29.0 Å². The largest absolute Gasteiger partial charge is 0.490 e. The maximum Gasteiger partial charge on any atom is 0.293 e. The van der Waals surface area contributed by atoms with Crippen molar-refractivity contribution in [2.75, 3.05) is 13.2 Å². The highest BCUT2D eigenvalue weighted by Gasteiger charge is 2.33. The van der Waals surface area contributed by atoms with E-state index in [1.807, 2.05) is 25.1 Å². The van der Waals surface area contributed by atoms with Crippen LogP contribution >= 0.6 is 11.8 Å². The van der Waals surface area contributed by atoms with E-state index in [2.05, 4.69) is 6.07 Å². The number of thioether (sulfide) groups is 1. The van der Waals surface area contributed by atoms with Crippen LogP contribution in [0.4, 0.5) is 4.79 Å². The molecular weight excluding hydrogens is 388 g/mol. The monoisotopic (exact) mass is 408 g/mol. The zero-order valence-corrected chi connectivity index (χ0v) is 17.0. The molecule has 0 radical (unpaired) electrons. The highest BCUT2D eigenvalue weighted by atomic mass is 32.2. The number of likely N-dealkylation sites (N-methyl/N-ethyl adjacent to an activating group) is 1. The van der Waals surface area contributed by atoms with Crippen LogP contribution in [0.1, 0.15) is 30.5 Å². The van der Waals surface area contributed by atoms with E-state index in [0.29, 0.717) is 35.1 Å². The van der Waals surface area contributed by atoms with E-state index >= 15 is 0 Å². The van der Waals surface area contributed by atoms with Crippen molar-refractivity contribution in [2.45, 2.75) is 20.5 Å². The second-order valence-corrected chi connectivity index (χ2v) is 7.12. The molecule has 2 amide bonds. The molecular formula is C22H20N2O4S. The van der Waals surface area contributed by atoms with Crippen molar-refractivity contribution in [1.29, 1.82) is 5.26 Å². The summed E-state index contributed by atoms with van der Waals surface area (Å²) in [6.07, 6.45) is 1.68. The number of ether oxygens (including phenoxy) is 2. The highest BCUT2D eigenvalue weighted by Crippen LogP contribution is 2.34. The third-order valence-corrected chi connectivity index (χ3v) is 5.18. The summed E-state index contributed by atoms with van der Waals surface area (Å²) < 4.78 is 11.6. The van der Waals surface area contributed by atoms with Gasteiger partial charge in [0.15, 0.2) is 11.5 Å². The third kappa shape index (κ3) is 4.61. The molecule has 0 atom stereocenters. The Morgan fingerprint density at radius 2 is 1.90 bits per heavy atom. The zero-order valence-electron chi connectivity index (χ0n) is 16.2. The summed E-state index contributed by atoms with van der Waals surface area (Å²) in [6.45, 7) is 4.67. The predicted molar refractivity (Wildman–Crippen MR) is 111 cm³/mol. The van der Waals surface area contributed by atoms with E-state index in [4.69, 9.17) is 9.47 Å². The van der Waals surface area contributed by atoms with Crippen LogP contribution < -0.4 is 9.47 Å². The van der Waals surface area contributed by atoms with E-state index in [1.54, 1.807) is 37.3 Å². The van der Waals surface area contributed by atoms with Crippen LogP contribution in [0, 0.1) is 11.3 Å². The highest BCUT2D eigenvalue weighted by molar-refractivity contribution is 8.18. The van der Waals surface area contributed by atoms with Gasteiger partial charge in [0, 0.05) is 12.1 Å². The van der Waals surface area contributed by atoms with Gasteiger partial charge in [0.05, 0.1) is 23.1 Å². The molecule has 1 fully saturated rings. The molecule has 0 saturated carbocycles. The molecule has 6 nitrogen and oxygen atoms in total. The molecule has 0 aliphatic carbocycles.